The van der Waals surface area contributed by atoms with Gasteiger partial charge in [-0.2, -0.15) is 0 Å². The first-order valence-corrected chi connectivity index (χ1v) is 11.8. The zero-order valence-electron chi connectivity index (χ0n) is 20.5. The van der Waals surface area contributed by atoms with E-state index in [1.165, 1.54) is 17.2 Å². The monoisotopic (exact) mass is 492 g/mol. The molecule has 2 amide bonds. The Bertz CT molecular complexity index is 1240. The molecule has 3 aromatic rings. The van der Waals surface area contributed by atoms with E-state index in [0.29, 0.717) is 23.4 Å². The first-order valence-electron chi connectivity index (χ1n) is 11.8. The SMILES string of the molecule is C[C@H](CO)N1C[C@H](C)[C@H](CN(C)C(=O)c2ccccn2)Oc2ncc(-c3ccccc3F)cc2C1=O. The van der Waals surface area contributed by atoms with Crippen LogP contribution in [0.4, 0.5) is 4.39 Å². The van der Waals surface area contributed by atoms with Gasteiger partial charge >= 0.3 is 0 Å². The van der Waals surface area contributed by atoms with Crippen molar-refractivity contribution in [3.63, 3.8) is 0 Å². The van der Waals surface area contributed by atoms with Gasteiger partial charge in [0.25, 0.3) is 11.8 Å². The summed E-state index contributed by atoms with van der Waals surface area (Å²) in [6, 6.07) is 12.5. The van der Waals surface area contributed by atoms with E-state index in [4.69, 9.17) is 4.74 Å². The second-order valence-electron chi connectivity index (χ2n) is 9.08. The van der Waals surface area contributed by atoms with Crippen molar-refractivity contribution in [3.05, 3.63) is 78.0 Å². The van der Waals surface area contributed by atoms with Crippen LogP contribution in [0.25, 0.3) is 11.1 Å². The normalized spacial score (nSPS) is 18.5. The number of carbonyl (C=O) groups is 2. The molecule has 0 saturated heterocycles. The van der Waals surface area contributed by atoms with Gasteiger partial charge in [0.15, 0.2) is 0 Å². The van der Waals surface area contributed by atoms with Crippen LogP contribution in [-0.4, -0.2) is 75.6 Å². The van der Waals surface area contributed by atoms with E-state index in [1.54, 1.807) is 67.5 Å². The third-order valence-electron chi connectivity index (χ3n) is 6.39. The van der Waals surface area contributed by atoms with Crippen molar-refractivity contribution in [2.45, 2.75) is 26.0 Å². The van der Waals surface area contributed by atoms with E-state index >= 15 is 0 Å². The highest BCUT2D eigenvalue weighted by molar-refractivity contribution is 5.98. The van der Waals surface area contributed by atoms with Gasteiger partial charge in [-0.05, 0) is 31.2 Å². The second kappa shape index (κ2) is 10.8. The number of rotatable bonds is 6. The van der Waals surface area contributed by atoms with Gasteiger partial charge in [0.05, 0.1) is 19.2 Å². The number of hydrogen-bond acceptors (Lipinski definition) is 6. The van der Waals surface area contributed by atoms with Crippen LogP contribution in [0.2, 0.25) is 0 Å². The fourth-order valence-corrected chi connectivity index (χ4v) is 4.20. The number of ether oxygens (including phenoxy) is 1. The van der Waals surface area contributed by atoms with Crippen LogP contribution in [0.3, 0.4) is 0 Å². The van der Waals surface area contributed by atoms with Gasteiger partial charge in [-0.1, -0.05) is 31.2 Å². The van der Waals surface area contributed by atoms with Crippen molar-refractivity contribution in [2.24, 2.45) is 5.92 Å². The fourth-order valence-electron chi connectivity index (χ4n) is 4.20. The minimum absolute atomic E-state index is 0.102. The summed E-state index contributed by atoms with van der Waals surface area (Å²) in [6.45, 7) is 3.97. The predicted molar refractivity (Wildman–Crippen MR) is 132 cm³/mol. The summed E-state index contributed by atoms with van der Waals surface area (Å²) in [5.74, 6) is -1.14. The summed E-state index contributed by atoms with van der Waals surface area (Å²) in [5.41, 5.74) is 1.24. The third kappa shape index (κ3) is 5.21. The van der Waals surface area contributed by atoms with Gasteiger partial charge in [0, 0.05) is 43.0 Å². The molecule has 9 heteroatoms. The molecular formula is C27H29FN4O4. The van der Waals surface area contributed by atoms with E-state index in [1.807, 2.05) is 6.92 Å². The van der Waals surface area contributed by atoms with Crippen molar-refractivity contribution >= 4 is 11.8 Å². The van der Waals surface area contributed by atoms with Crippen molar-refractivity contribution in [1.29, 1.82) is 0 Å². The Balaban J connectivity index is 1.70. The number of likely N-dealkylation sites (N-methyl/N-ethyl adjacent to an activating group) is 1. The highest BCUT2D eigenvalue weighted by atomic mass is 19.1. The molecular weight excluding hydrogens is 463 g/mol. The smallest absolute Gasteiger partial charge is 0.272 e. The molecule has 3 atom stereocenters. The number of fused-ring (bicyclic) bond motifs is 1. The number of aliphatic hydroxyl groups is 1. The maximum atomic E-state index is 14.5. The number of pyridine rings is 2. The van der Waals surface area contributed by atoms with Crippen LogP contribution >= 0.6 is 0 Å². The van der Waals surface area contributed by atoms with Crippen LogP contribution in [-0.2, 0) is 0 Å². The first kappa shape index (κ1) is 25.2. The molecule has 0 spiro atoms. The molecule has 1 aromatic carbocycles. The summed E-state index contributed by atoms with van der Waals surface area (Å²) < 4.78 is 20.7. The quantitative estimate of drug-likeness (QED) is 0.568. The zero-order chi connectivity index (χ0) is 25.8. The molecule has 1 aliphatic rings. The van der Waals surface area contributed by atoms with Crippen molar-refractivity contribution < 1.29 is 23.8 Å². The first-order chi connectivity index (χ1) is 17.3. The number of aromatic nitrogens is 2. The molecule has 3 heterocycles. The molecule has 0 aliphatic carbocycles. The Morgan fingerprint density at radius 1 is 1.22 bits per heavy atom. The molecule has 4 rings (SSSR count). The number of hydrogen-bond donors (Lipinski definition) is 1. The Kier molecular flexibility index (Phi) is 7.59. The number of benzene rings is 1. The van der Waals surface area contributed by atoms with E-state index < -0.39 is 18.0 Å². The van der Waals surface area contributed by atoms with Crippen molar-refractivity contribution in [3.8, 4) is 17.0 Å². The average molecular weight is 493 g/mol. The van der Waals surface area contributed by atoms with Gasteiger partial charge in [-0.15, -0.1) is 0 Å². The molecule has 1 aliphatic heterocycles. The van der Waals surface area contributed by atoms with Crippen molar-refractivity contribution in [2.75, 3.05) is 26.7 Å². The number of carbonyl (C=O) groups excluding carboxylic acids is 2. The van der Waals surface area contributed by atoms with Crippen LogP contribution < -0.4 is 4.74 Å². The third-order valence-corrected chi connectivity index (χ3v) is 6.39. The summed E-state index contributed by atoms with van der Waals surface area (Å²) in [6.07, 6.45) is 2.52. The molecule has 0 saturated carbocycles. The lowest BCUT2D eigenvalue weighted by atomic mass is 9.99. The molecule has 0 unspecified atom stereocenters. The predicted octanol–water partition coefficient (Wildman–Crippen LogP) is 3.28. The van der Waals surface area contributed by atoms with E-state index in [2.05, 4.69) is 9.97 Å². The van der Waals surface area contributed by atoms with Crippen molar-refractivity contribution in [1.82, 2.24) is 19.8 Å². The van der Waals surface area contributed by atoms with Gasteiger partial charge in [0.2, 0.25) is 5.88 Å². The highest BCUT2D eigenvalue weighted by Crippen LogP contribution is 2.31. The summed E-state index contributed by atoms with van der Waals surface area (Å²) in [5, 5.41) is 9.83. The lowest BCUT2D eigenvalue weighted by Gasteiger charge is -2.37. The highest BCUT2D eigenvalue weighted by Gasteiger charge is 2.35. The van der Waals surface area contributed by atoms with Gasteiger partial charge in [-0.3, -0.25) is 14.6 Å². The summed E-state index contributed by atoms with van der Waals surface area (Å²) in [7, 11) is 1.67. The largest absolute Gasteiger partial charge is 0.472 e. The van der Waals surface area contributed by atoms with Crippen LogP contribution in [0.1, 0.15) is 34.7 Å². The number of aliphatic hydroxyl groups excluding tert-OH is 1. The standard InChI is InChI=1S/C27H29FN4O4/c1-17-14-32(18(2)16-33)26(34)21-12-19(20-8-4-5-9-22(20)28)13-30-25(21)36-24(17)15-31(3)27(35)23-10-6-7-11-29-23/h4-13,17-18,24,33H,14-16H2,1-3H3/t17-,18+,24-/m0/s1. The average Bonchev–Trinajstić information content (AvgIpc) is 2.90. The molecule has 36 heavy (non-hydrogen) atoms. The fraction of sp³-hybridized carbons (Fsp3) is 0.333. The second-order valence-corrected chi connectivity index (χ2v) is 9.08. The molecule has 188 valence electrons. The molecule has 0 radical (unpaired) electrons. The molecule has 0 bridgehead atoms. The Morgan fingerprint density at radius 3 is 2.67 bits per heavy atom. The van der Waals surface area contributed by atoms with Gasteiger partial charge < -0.3 is 19.6 Å². The lowest BCUT2D eigenvalue weighted by molar-refractivity contribution is 0.0312. The number of halogens is 1. The molecule has 2 aromatic heterocycles. The Morgan fingerprint density at radius 2 is 1.97 bits per heavy atom. The molecule has 8 nitrogen and oxygen atoms in total. The van der Waals surface area contributed by atoms with Crippen LogP contribution in [0.5, 0.6) is 5.88 Å². The number of nitrogens with zero attached hydrogens (tertiary/aromatic N) is 4. The lowest BCUT2D eigenvalue weighted by Crippen LogP contribution is -2.50. The maximum absolute atomic E-state index is 14.5. The number of amides is 2. The molecule has 0 fully saturated rings. The van der Waals surface area contributed by atoms with Gasteiger partial charge in [0.1, 0.15) is 23.2 Å². The Hall–Kier alpha value is -3.85. The van der Waals surface area contributed by atoms with E-state index in [9.17, 15) is 19.1 Å². The summed E-state index contributed by atoms with van der Waals surface area (Å²) in [4.78, 5) is 38.1. The Labute approximate surface area is 209 Å². The van der Waals surface area contributed by atoms with E-state index in [-0.39, 0.29) is 42.3 Å². The minimum atomic E-state index is -0.505. The van der Waals surface area contributed by atoms with Crippen LogP contribution in [0.15, 0.2) is 60.9 Å². The maximum Gasteiger partial charge on any atom is 0.272 e. The van der Waals surface area contributed by atoms with E-state index in [0.717, 1.165) is 0 Å². The zero-order valence-corrected chi connectivity index (χ0v) is 20.5. The minimum Gasteiger partial charge on any atom is -0.472 e. The topological polar surface area (TPSA) is 95.9 Å². The molecule has 1 N–H and O–H groups in total. The van der Waals surface area contributed by atoms with Crippen LogP contribution in [0, 0.1) is 11.7 Å². The summed E-state index contributed by atoms with van der Waals surface area (Å²) >= 11 is 0. The van der Waals surface area contributed by atoms with Gasteiger partial charge in [-0.25, -0.2) is 9.37 Å².